The molecule has 1 aromatic carbocycles. The molecule has 22 heavy (non-hydrogen) atoms. The number of amides is 2. The average Bonchev–Trinajstić information content (AvgIpc) is 3.28. The molecule has 1 saturated carbocycles. The normalized spacial score (nSPS) is 13.6. The predicted molar refractivity (Wildman–Crippen MR) is 83.9 cm³/mol. The van der Waals surface area contributed by atoms with Gasteiger partial charge in [-0.05, 0) is 25.0 Å². The molecule has 0 atom stereocenters. The summed E-state index contributed by atoms with van der Waals surface area (Å²) in [6, 6.07) is 8.91. The molecule has 0 aliphatic heterocycles. The zero-order chi connectivity index (χ0) is 15.4. The highest BCUT2D eigenvalue weighted by Crippen LogP contribution is 2.41. The smallest absolute Gasteiger partial charge is 0.251 e. The zero-order valence-electron chi connectivity index (χ0n) is 11.9. The van der Waals surface area contributed by atoms with Gasteiger partial charge >= 0.3 is 0 Å². The highest BCUT2D eigenvalue weighted by atomic mass is 32.1. The van der Waals surface area contributed by atoms with E-state index in [2.05, 4.69) is 20.8 Å². The maximum absolute atomic E-state index is 11.8. The molecule has 2 aromatic rings. The first-order valence-electron chi connectivity index (χ1n) is 7.19. The van der Waals surface area contributed by atoms with Crippen molar-refractivity contribution in [2.24, 2.45) is 0 Å². The van der Waals surface area contributed by atoms with Crippen molar-refractivity contribution < 1.29 is 9.59 Å². The number of carbonyl (C=O) groups is 2. The molecule has 1 fully saturated rings. The van der Waals surface area contributed by atoms with Crippen LogP contribution in [0, 0.1) is 0 Å². The molecule has 7 heteroatoms. The number of hydrogen-bond donors (Lipinski definition) is 2. The van der Waals surface area contributed by atoms with E-state index in [4.69, 9.17) is 0 Å². The Hall–Kier alpha value is -2.28. The van der Waals surface area contributed by atoms with E-state index in [1.54, 1.807) is 24.3 Å². The van der Waals surface area contributed by atoms with Crippen LogP contribution in [0.5, 0.6) is 0 Å². The molecule has 1 aliphatic carbocycles. The number of aromatic nitrogens is 2. The Bertz CT molecular complexity index is 667. The van der Waals surface area contributed by atoms with Crippen molar-refractivity contribution >= 4 is 28.3 Å². The van der Waals surface area contributed by atoms with Crippen LogP contribution in [0.1, 0.15) is 40.5 Å². The van der Waals surface area contributed by atoms with Crippen LogP contribution >= 0.6 is 11.3 Å². The summed E-state index contributed by atoms with van der Waals surface area (Å²) in [7, 11) is 0. The summed E-state index contributed by atoms with van der Waals surface area (Å²) in [6.07, 6.45) is 2.53. The molecule has 0 bridgehead atoms. The van der Waals surface area contributed by atoms with Crippen molar-refractivity contribution in [2.75, 3.05) is 11.9 Å². The molecule has 1 aliphatic rings. The summed E-state index contributed by atoms with van der Waals surface area (Å²) in [4.78, 5) is 23.6. The van der Waals surface area contributed by atoms with E-state index in [9.17, 15) is 9.59 Å². The maximum Gasteiger partial charge on any atom is 0.251 e. The van der Waals surface area contributed by atoms with Gasteiger partial charge in [0.2, 0.25) is 11.0 Å². The van der Waals surface area contributed by atoms with E-state index in [1.165, 1.54) is 11.3 Å². The molecule has 0 radical (unpaired) electrons. The van der Waals surface area contributed by atoms with Crippen LogP contribution in [0.2, 0.25) is 0 Å². The SMILES string of the molecule is O=C(CCNC(=O)c1ccccc1)Nc1nnc(C2CC2)s1. The minimum atomic E-state index is -0.180. The lowest BCUT2D eigenvalue weighted by Crippen LogP contribution is -2.27. The van der Waals surface area contributed by atoms with Gasteiger partial charge in [-0.2, -0.15) is 0 Å². The summed E-state index contributed by atoms with van der Waals surface area (Å²) in [5.74, 6) is 0.181. The summed E-state index contributed by atoms with van der Waals surface area (Å²) < 4.78 is 0. The van der Waals surface area contributed by atoms with Gasteiger partial charge in [-0.25, -0.2) is 0 Å². The van der Waals surface area contributed by atoms with Gasteiger partial charge in [-0.1, -0.05) is 29.5 Å². The first-order chi connectivity index (χ1) is 10.7. The third kappa shape index (κ3) is 3.88. The molecule has 6 nitrogen and oxygen atoms in total. The molecular formula is C15H16N4O2S. The summed E-state index contributed by atoms with van der Waals surface area (Å²) >= 11 is 1.43. The van der Waals surface area contributed by atoms with Crippen molar-refractivity contribution in [1.29, 1.82) is 0 Å². The Morgan fingerprint density at radius 2 is 1.95 bits per heavy atom. The van der Waals surface area contributed by atoms with E-state index >= 15 is 0 Å². The largest absolute Gasteiger partial charge is 0.352 e. The number of rotatable bonds is 6. The molecule has 114 valence electrons. The number of anilines is 1. The third-order valence-electron chi connectivity index (χ3n) is 3.29. The molecule has 1 aromatic heterocycles. The number of nitrogens with one attached hydrogen (secondary N) is 2. The van der Waals surface area contributed by atoms with Gasteiger partial charge in [-0.15, -0.1) is 10.2 Å². The van der Waals surface area contributed by atoms with Gasteiger partial charge in [0.25, 0.3) is 5.91 Å². The molecule has 1 heterocycles. The fraction of sp³-hybridized carbons (Fsp3) is 0.333. The van der Waals surface area contributed by atoms with Gasteiger partial charge in [0.05, 0.1) is 0 Å². The lowest BCUT2D eigenvalue weighted by molar-refractivity contribution is -0.116. The van der Waals surface area contributed by atoms with Crippen molar-refractivity contribution in [1.82, 2.24) is 15.5 Å². The fourth-order valence-corrected chi connectivity index (χ4v) is 2.87. The predicted octanol–water partition coefficient (Wildman–Crippen LogP) is 2.17. The molecule has 0 unspecified atom stereocenters. The van der Waals surface area contributed by atoms with Crippen LogP contribution in [0.4, 0.5) is 5.13 Å². The number of nitrogens with zero attached hydrogens (tertiary/aromatic N) is 2. The van der Waals surface area contributed by atoms with E-state index in [1.807, 2.05) is 6.07 Å². The van der Waals surface area contributed by atoms with Gasteiger partial charge in [-0.3, -0.25) is 9.59 Å². The Balaban J connectivity index is 1.41. The van der Waals surface area contributed by atoms with E-state index in [0.717, 1.165) is 17.8 Å². The van der Waals surface area contributed by atoms with Gasteiger partial charge in [0.1, 0.15) is 5.01 Å². The average molecular weight is 316 g/mol. The Kier molecular flexibility index (Phi) is 4.43. The second-order valence-electron chi connectivity index (χ2n) is 5.14. The third-order valence-corrected chi connectivity index (χ3v) is 4.29. The van der Waals surface area contributed by atoms with Crippen LogP contribution in [0.15, 0.2) is 30.3 Å². The molecule has 0 spiro atoms. The lowest BCUT2D eigenvalue weighted by Gasteiger charge is -2.04. The van der Waals surface area contributed by atoms with Crippen molar-refractivity contribution in [2.45, 2.75) is 25.2 Å². The molecular weight excluding hydrogens is 300 g/mol. The number of carbonyl (C=O) groups excluding carboxylic acids is 2. The molecule has 3 rings (SSSR count). The van der Waals surface area contributed by atoms with Gasteiger partial charge in [0.15, 0.2) is 0 Å². The standard InChI is InChI=1S/C15H16N4O2S/c20-12(17-15-19-18-14(22-15)11-6-7-11)8-9-16-13(21)10-4-2-1-3-5-10/h1-5,11H,6-9H2,(H,16,21)(H,17,19,20). The lowest BCUT2D eigenvalue weighted by atomic mass is 10.2. The monoisotopic (exact) mass is 316 g/mol. The molecule has 2 amide bonds. The summed E-state index contributed by atoms with van der Waals surface area (Å²) in [6.45, 7) is 0.286. The van der Waals surface area contributed by atoms with Crippen LogP contribution in [-0.4, -0.2) is 28.6 Å². The Labute approximate surface area is 132 Å². The van der Waals surface area contributed by atoms with Crippen LogP contribution in [0.3, 0.4) is 0 Å². The number of benzene rings is 1. The summed E-state index contributed by atoms with van der Waals surface area (Å²) in [5.41, 5.74) is 0.584. The van der Waals surface area contributed by atoms with E-state index < -0.39 is 0 Å². The second kappa shape index (κ2) is 6.65. The minimum Gasteiger partial charge on any atom is -0.352 e. The first kappa shape index (κ1) is 14.6. The first-order valence-corrected chi connectivity index (χ1v) is 8.00. The highest BCUT2D eigenvalue weighted by molar-refractivity contribution is 7.15. The number of hydrogen-bond acceptors (Lipinski definition) is 5. The zero-order valence-corrected chi connectivity index (χ0v) is 12.7. The summed E-state index contributed by atoms with van der Waals surface area (Å²) in [5, 5.41) is 15.0. The van der Waals surface area contributed by atoms with E-state index in [0.29, 0.717) is 16.6 Å². The topological polar surface area (TPSA) is 84.0 Å². The van der Waals surface area contributed by atoms with Gasteiger partial charge < -0.3 is 10.6 Å². The van der Waals surface area contributed by atoms with Crippen LogP contribution in [0.25, 0.3) is 0 Å². The van der Waals surface area contributed by atoms with Crippen LogP contribution in [-0.2, 0) is 4.79 Å². The van der Waals surface area contributed by atoms with Crippen molar-refractivity contribution in [3.8, 4) is 0 Å². The molecule has 0 saturated heterocycles. The Morgan fingerprint density at radius 3 is 2.68 bits per heavy atom. The fourth-order valence-electron chi connectivity index (χ4n) is 1.94. The highest BCUT2D eigenvalue weighted by Gasteiger charge is 2.27. The minimum absolute atomic E-state index is 0.174. The maximum atomic E-state index is 11.8. The van der Waals surface area contributed by atoms with E-state index in [-0.39, 0.29) is 24.8 Å². The van der Waals surface area contributed by atoms with Crippen LogP contribution < -0.4 is 10.6 Å². The molecule has 2 N–H and O–H groups in total. The quantitative estimate of drug-likeness (QED) is 0.855. The second-order valence-corrected chi connectivity index (χ2v) is 6.15. The van der Waals surface area contributed by atoms with Crippen molar-refractivity contribution in [3.05, 3.63) is 40.9 Å². The van der Waals surface area contributed by atoms with Gasteiger partial charge in [0, 0.05) is 24.4 Å². The Morgan fingerprint density at radius 1 is 1.18 bits per heavy atom. The van der Waals surface area contributed by atoms with Crippen molar-refractivity contribution in [3.63, 3.8) is 0 Å².